The Balaban J connectivity index is 0.00000176. The molecule has 0 radical (unpaired) electrons. The first-order chi connectivity index (χ1) is 12.7. The van der Waals surface area contributed by atoms with E-state index in [-0.39, 0.29) is 17.2 Å². The first kappa shape index (κ1) is 22.3. The summed E-state index contributed by atoms with van der Waals surface area (Å²) >= 11 is 0. The van der Waals surface area contributed by atoms with E-state index in [1.54, 1.807) is 23.1 Å². The van der Waals surface area contributed by atoms with E-state index < -0.39 is 11.6 Å². The predicted molar refractivity (Wildman–Crippen MR) is 104 cm³/mol. The summed E-state index contributed by atoms with van der Waals surface area (Å²) in [4.78, 5) is 27.7. The summed E-state index contributed by atoms with van der Waals surface area (Å²) < 4.78 is 10.1. The molecule has 27 heavy (non-hydrogen) atoms. The minimum Gasteiger partial charge on any atom is -0.465 e. The van der Waals surface area contributed by atoms with Crippen molar-refractivity contribution in [1.29, 1.82) is 5.26 Å². The average Bonchev–Trinajstić information content (AvgIpc) is 2.67. The second-order valence-corrected chi connectivity index (χ2v) is 6.79. The highest BCUT2D eigenvalue weighted by Crippen LogP contribution is 2.22. The zero-order valence-corrected chi connectivity index (χ0v) is 17.0. The number of piperazine rings is 1. The number of nitriles is 1. The molecule has 7 nitrogen and oxygen atoms in total. The topological polar surface area (TPSA) is 82.9 Å². The van der Waals surface area contributed by atoms with Crippen LogP contribution in [-0.2, 0) is 9.47 Å². The van der Waals surface area contributed by atoms with Crippen molar-refractivity contribution in [3.63, 3.8) is 0 Å². The van der Waals surface area contributed by atoms with Gasteiger partial charge in [-0.05, 0) is 39.0 Å². The molecule has 0 spiro atoms. The van der Waals surface area contributed by atoms with E-state index in [1.807, 2.05) is 40.7 Å². The molecular weight excluding hydrogens is 346 g/mol. The summed E-state index contributed by atoms with van der Waals surface area (Å²) in [6.45, 7) is 11.8. The average molecular weight is 375 g/mol. The zero-order chi connectivity index (χ0) is 20.6. The van der Waals surface area contributed by atoms with E-state index in [4.69, 9.17) is 14.7 Å². The number of rotatable bonds is 2. The van der Waals surface area contributed by atoms with Gasteiger partial charge in [-0.3, -0.25) is 0 Å². The molecule has 0 unspecified atom stereocenters. The number of hydrogen-bond donors (Lipinski definition) is 0. The monoisotopic (exact) mass is 375 g/mol. The summed E-state index contributed by atoms with van der Waals surface area (Å²) in [6.07, 6.45) is -0.317. The molecule has 1 aliphatic heterocycles. The summed E-state index contributed by atoms with van der Waals surface area (Å²) in [5.41, 5.74) is 0.833. The molecule has 0 aromatic heterocycles. The fraction of sp³-hybridized carbons (Fsp3) is 0.550. The van der Waals surface area contributed by atoms with Crippen molar-refractivity contribution in [2.45, 2.75) is 40.2 Å². The molecule has 148 valence electrons. The van der Waals surface area contributed by atoms with Crippen molar-refractivity contribution >= 4 is 17.7 Å². The summed E-state index contributed by atoms with van der Waals surface area (Å²) in [5, 5.41) is 9.12. The molecule has 1 aliphatic rings. The lowest BCUT2D eigenvalue weighted by Crippen LogP contribution is -2.50. The zero-order valence-electron chi connectivity index (χ0n) is 17.0. The van der Waals surface area contributed by atoms with E-state index in [1.165, 1.54) is 7.11 Å². The summed E-state index contributed by atoms with van der Waals surface area (Å²) in [5.74, 6) is -0.536. The standard InChI is InChI=1S/C18H23N3O4.C2H6/c1-18(2,3)25-17(23)21-9-7-20(8-10-21)14-6-5-13(12-19)15(11-14)16(22)24-4;1-2/h5-6,11H,7-10H2,1-4H3;1-2H3. The highest BCUT2D eigenvalue weighted by molar-refractivity contribution is 5.93. The lowest BCUT2D eigenvalue weighted by Gasteiger charge is -2.36. The number of nitrogens with zero attached hydrogens (tertiary/aromatic N) is 3. The van der Waals surface area contributed by atoms with Gasteiger partial charge in [0, 0.05) is 31.9 Å². The minimum atomic E-state index is -0.536. The molecule has 0 aliphatic carbocycles. The first-order valence-corrected chi connectivity index (χ1v) is 9.10. The maximum absolute atomic E-state index is 12.1. The maximum Gasteiger partial charge on any atom is 0.410 e. The molecule has 1 aromatic carbocycles. The van der Waals surface area contributed by atoms with E-state index >= 15 is 0 Å². The minimum absolute atomic E-state index is 0.247. The number of carbonyl (C=O) groups is 2. The molecule has 0 saturated carbocycles. The lowest BCUT2D eigenvalue weighted by atomic mass is 10.1. The fourth-order valence-electron chi connectivity index (χ4n) is 2.58. The fourth-order valence-corrected chi connectivity index (χ4v) is 2.58. The second kappa shape index (κ2) is 9.81. The van der Waals surface area contributed by atoms with Crippen LogP contribution >= 0.6 is 0 Å². The number of ether oxygens (including phenoxy) is 2. The van der Waals surface area contributed by atoms with Gasteiger partial charge in [0.05, 0.1) is 18.2 Å². The van der Waals surface area contributed by atoms with Crippen molar-refractivity contribution < 1.29 is 19.1 Å². The largest absolute Gasteiger partial charge is 0.465 e. The van der Waals surface area contributed by atoms with Crippen LogP contribution in [-0.4, -0.2) is 55.9 Å². The van der Waals surface area contributed by atoms with Crippen molar-refractivity contribution in [2.75, 3.05) is 38.2 Å². The van der Waals surface area contributed by atoms with Gasteiger partial charge >= 0.3 is 12.1 Å². The molecular formula is C20H29N3O4. The Morgan fingerprint density at radius 3 is 2.19 bits per heavy atom. The van der Waals surface area contributed by atoms with Crippen LogP contribution in [0.25, 0.3) is 0 Å². The van der Waals surface area contributed by atoms with Gasteiger partial charge in [0.1, 0.15) is 11.7 Å². The number of carbonyl (C=O) groups excluding carboxylic acids is 2. The second-order valence-electron chi connectivity index (χ2n) is 6.79. The predicted octanol–water partition coefficient (Wildman–Crippen LogP) is 3.43. The number of benzene rings is 1. The number of methoxy groups -OCH3 is 1. The number of esters is 1. The van der Waals surface area contributed by atoms with Gasteiger partial charge in [0.2, 0.25) is 0 Å². The number of amides is 1. The molecule has 1 heterocycles. The normalized spacial score (nSPS) is 13.8. The van der Waals surface area contributed by atoms with Gasteiger partial charge in [-0.1, -0.05) is 13.8 Å². The van der Waals surface area contributed by atoms with Crippen LogP contribution in [0.15, 0.2) is 18.2 Å². The molecule has 0 atom stereocenters. The Kier molecular flexibility index (Phi) is 8.10. The van der Waals surface area contributed by atoms with Gasteiger partial charge in [0.25, 0.3) is 0 Å². The Morgan fingerprint density at radius 2 is 1.70 bits per heavy atom. The van der Waals surface area contributed by atoms with Crippen LogP contribution in [0.1, 0.15) is 50.5 Å². The first-order valence-electron chi connectivity index (χ1n) is 9.10. The lowest BCUT2D eigenvalue weighted by molar-refractivity contribution is 0.0240. The quantitative estimate of drug-likeness (QED) is 0.737. The van der Waals surface area contributed by atoms with Gasteiger partial charge in [-0.2, -0.15) is 5.26 Å². The molecule has 1 saturated heterocycles. The highest BCUT2D eigenvalue weighted by Gasteiger charge is 2.26. The van der Waals surface area contributed by atoms with E-state index in [0.717, 1.165) is 5.69 Å². The smallest absolute Gasteiger partial charge is 0.410 e. The van der Waals surface area contributed by atoms with Crippen LogP contribution in [0.5, 0.6) is 0 Å². The third-order valence-electron chi connectivity index (χ3n) is 3.83. The Hall–Kier alpha value is -2.75. The summed E-state index contributed by atoms with van der Waals surface area (Å²) in [7, 11) is 1.29. The van der Waals surface area contributed by atoms with Crippen LogP contribution in [0.2, 0.25) is 0 Å². The van der Waals surface area contributed by atoms with Crippen molar-refractivity contribution in [3.05, 3.63) is 29.3 Å². The van der Waals surface area contributed by atoms with Crippen molar-refractivity contribution in [3.8, 4) is 6.07 Å². The molecule has 1 aromatic rings. The Labute approximate surface area is 161 Å². The maximum atomic E-state index is 12.1. The van der Waals surface area contributed by atoms with Crippen LogP contribution in [0, 0.1) is 11.3 Å². The molecule has 0 N–H and O–H groups in total. The summed E-state index contributed by atoms with van der Waals surface area (Å²) in [6, 6.07) is 7.07. The molecule has 2 rings (SSSR count). The number of hydrogen-bond acceptors (Lipinski definition) is 6. The number of anilines is 1. The van der Waals surface area contributed by atoms with E-state index in [0.29, 0.717) is 26.2 Å². The van der Waals surface area contributed by atoms with Gasteiger partial charge in [-0.15, -0.1) is 0 Å². The van der Waals surface area contributed by atoms with Crippen LogP contribution < -0.4 is 4.90 Å². The molecule has 0 bridgehead atoms. The van der Waals surface area contributed by atoms with Crippen LogP contribution in [0.4, 0.5) is 10.5 Å². The molecule has 1 amide bonds. The highest BCUT2D eigenvalue weighted by atomic mass is 16.6. The Morgan fingerprint density at radius 1 is 1.11 bits per heavy atom. The van der Waals surface area contributed by atoms with Crippen molar-refractivity contribution in [2.24, 2.45) is 0 Å². The van der Waals surface area contributed by atoms with Crippen molar-refractivity contribution in [1.82, 2.24) is 4.90 Å². The SMILES string of the molecule is CC.COC(=O)c1cc(N2CCN(C(=O)OC(C)(C)C)CC2)ccc1C#N. The third-order valence-corrected chi connectivity index (χ3v) is 3.83. The third kappa shape index (κ3) is 6.17. The van der Waals surface area contributed by atoms with Gasteiger partial charge < -0.3 is 19.3 Å². The van der Waals surface area contributed by atoms with Gasteiger partial charge in [-0.25, -0.2) is 9.59 Å². The van der Waals surface area contributed by atoms with Gasteiger partial charge in [0.15, 0.2) is 0 Å². The Bertz CT molecular complexity index is 696. The van der Waals surface area contributed by atoms with E-state index in [9.17, 15) is 9.59 Å². The molecule has 7 heteroatoms. The van der Waals surface area contributed by atoms with E-state index in [2.05, 4.69) is 4.90 Å². The van der Waals surface area contributed by atoms with Crippen LogP contribution in [0.3, 0.4) is 0 Å². The molecule has 1 fully saturated rings.